The van der Waals surface area contributed by atoms with E-state index in [4.69, 9.17) is 5.11 Å². The maximum atomic E-state index is 13.0. The molecule has 1 saturated carbocycles. The largest absolute Gasteiger partial charge is 0.396 e. The Labute approximate surface area is 155 Å². The lowest BCUT2D eigenvalue weighted by molar-refractivity contribution is -0.384. The number of nitro groups is 1. The van der Waals surface area contributed by atoms with E-state index in [1.807, 2.05) is 0 Å². The summed E-state index contributed by atoms with van der Waals surface area (Å²) < 4.78 is 0. The fraction of sp³-hybridized carbons (Fsp3) is 0.444. The first kappa shape index (κ1) is 18.6. The first-order chi connectivity index (χ1) is 12.5. The summed E-state index contributed by atoms with van der Waals surface area (Å²) in [4.78, 5) is 38.0. The smallest absolute Gasteiger partial charge is 0.269 e. The zero-order valence-corrected chi connectivity index (χ0v) is 15.0. The van der Waals surface area contributed by atoms with Crippen LogP contribution in [0.4, 0.5) is 5.69 Å². The monoisotopic (exact) mass is 376 g/mol. The Morgan fingerprint density at radius 2 is 1.77 bits per heavy atom. The lowest BCUT2D eigenvalue weighted by Gasteiger charge is -2.29. The number of benzene rings is 1. The van der Waals surface area contributed by atoms with Gasteiger partial charge in [0.15, 0.2) is 0 Å². The zero-order valence-electron chi connectivity index (χ0n) is 14.2. The van der Waals surface area contributed by atoms with Crippen molar-refractivity contribution in [1.82, 2.24) is 4.90 Å². The van der Waals surface area contributed by atoms with E-state index in [1.165, 1.54) is 29.2 Å². The molecule has 1 aromatic carbocycles. The second-order valence-corrected chi connectivity index (χ2v) is 7.46. The number of nitrogens with zero attached hydrogens (tertiary/aromatic N) is 2. The number of non-ortho nitro benzene ring substituents is 1. The van der Waals surface area contributed by atoms with Gasteiger partial charge in [-0.2, -0.15) is 0 Å². The van der Waals surface area contributed by atoms with E-state index in [2.05, 4.69) is 0 Å². The highest BCUT2D eigenvalue weighted by molar-refractivity contribution is 8.04. The van der Waals surface area contributed by atoms with Gasteiger partial charge in [0.25, 0.3) is 17.5 Å². The molecule has 8 heteroatoms. The Kier molecular flexibility index (Phi) is 5.73. The molecular weight excluding hydrogens is 356 g/mol. The van der Waals surface area contributed by atoms with Crippen LogP contribution in [0.3, 0.4) is 0 Å². The van der Waals surface area contributed by atoms with Crippen molar-refractivity contribution in [2.24, 2.45) is 0 Å². The number of rotatable bonds is 6. The number of amides is 2. The minimum absolute atomic E-state index is 0.0696. The van der Waals surface area contributed by atoms with E-state index < -0.39 is 4.92 Å². The van der Waals surface area contributed by atoms with E-state index in [9.17, 15) is 19.7 Å². The number of hydrogen-bond acceptors (Lipinski definition) is 6. The van der Waals surface area contributed by atoms with Crippen LogP contribution in [0.5, 0.6) is 0 Å². The fourth-order valence-corrected chi connectivity index (χ4v) is 4.35. The van der Waals surface area contributed by atoms with Gasteiger partial charge in [-0.1, -0.05) is 19.3 Å². The maximum absolute atomic E-state index is 13.0. The second-order valence-electron chi connectivity index (χ2n) is 6.35. The van der Waals surface area contributed by atoms with Crippen molar-refractivity contribution in [3.63, 3.8) is 0 Å². The standard InChI is InChI=1S/C18H20N2O5S/c21-10-11-26-16-15(12-6-8-14(9-7-12)20(24)25)17(22)19(18(16)23)13-4-2-1-3-5-13/h6-9,13,21H,1-5,10-11H2. The first-order valence-electron chi connectivity index (χ1n) is 8.65. The molecule has 0 spiro atoms. The van der Waals surface area contributed by atoms with Gasteiger partial charge in [-0.25, -0.2) is 0 Å². The average molecular weight is 376 g/mol. The number of carbonyl (C=O) groups excluding carboxylic acids is 2. The van der Waals surface area contributed by atoms with Gasteiger partial charge in [-0.15, -0.1) is 11.8 Å². The molecular formula is C18H20N2O5S. The van der Waals surface area contributed by atoms with Gasteiger partial charge in [-0.3, -0.25) is 24.6 Å². The second kappa shape index (κ2) is 8.01. The zero-order chi connectivity index (χ0) is 18.7. The number of aliphatic hydroxyl groups excluding tert-OH is 1. The average Bonchev–Trinajstić information content (AvgIpc) is 2.90. The molecule has 2 amide bonds. The highest BCUT2D eigenvalue weighted by Gasteiger charge is 2.42. The molecule has 138 valence electrons. The predicted octanol–water partition coefficient (Wildman–Crippen LogP) is 2.73. The Balaban J connectivity index is 1.96. The van der Waals surface area contributed by atoms with Crippen LogP contribution in [0.2, 0.25) is 0 Å². The summed E-state index contributed by atoms with van der Waals surface area (Å²) in [7, 11) is 0. The molecule has 2 aliphatic rings. The molecule has 0 aromatic heterocycles. The van der Waals surface area contributed by atoms with Crippen molar-refractivity contribution < 1.29 is 19.6 Å². The summed E-state index contributed by atoms with van der Waals surface area (Å²) in [6.07, 6.45) is 4.72. The maximum Gasteiger partial charge on any atom is 0.269 e. The third-order valence-electron chi connectivity index (χ3n) is 4.72. The number of hydrogen-bond donors (Lipinski definition) is 1. The van der Waals surface area contributed by atoms with Crippen molar-refractivity contribution >= 4 is 34.8 Å². The quantitative estimate of drug-likeness (QED) is 0.465. The van der Waals surface area contributed by atoms with Gasteiger partial charge >= 0.3 is 0 Å². The van der Waals surface area contributed by atoms with Crippen LogP contribution in [0.15, 0.2) is 29.2 Å². The van der Waals surface area contributed by atoms with Gasteiger partial charge < -0.3 is 5.11 Å². The lowest BCUT2D eigenvalue weighted by atomic mass is 9.94. The van der Waals surface area contributed by atoms with Crippen LogP contribution in [-0.4, -0.2) is 45.1 Å². The predicted molar refractivity (Wildman–Crippen MR) is 98.3 cm³/mol. The van der Waals surface area contributed by atoms with Crippen molar-refractivity contribution in [2.45, 2.75) is 38.1 Å². The number of thioether (sulfide) groups is 1. The third-order valence-corrected chi connectivity index (χ3v) is 5.77. The van der Waals surface area contributed by atoms with Crippen LogP contribution in [0.1, 0.15) is 37.7 Å². The van der Waals surface area contributed by atoms with Crippen molar-refractivity contribution in [3.05, 3.63) is 44.8 Å². The Morgan fingerprint density at radius 1 is 1.12 bits per heavy atom. The van der Waals surface area contributed by atoms with E-state index >= 15 is 0 Å². The molecule has 0 unspecified atom stereocenters. The van der Waals surface area contributed by atoms with Gasteiger partial charge in [0.05, 0.1) is 22.0 Å². The molecule has 26 heavy (non-hydrogen) atoms. The molecule has 0 atom stereocenters. The van der Waals surface area contributed by atoms with Crippen molar-refractivity contribution in [3.8, 4) is 0 Å². The molecule has 1 N–H and O–H groups in total. The molecule has 0 radical (unpaired) electrons. The summed E-state index contributed by atoms with van der Waals surface area (Å²) >= 11 is 1.16. The molecule has 0 bridgehead atoms. The topological polar surface area (TPSA) is 101 Å². The van der Waals surface area contributed by atoms with Gasteiger partial charge in [-0.05, 0) is 30.5 Å². The van der Waals surface area contributed by atoms with Crippen LogP contribution >= 0.6 is 11.8 Å². The number of carbonyl (C=O) groups is 2. The molecule has 7 nitrogen and oxygen atoms in total. The number of aliphatic hydroxyl groups is 1. The molecule has 1 aliphatic carbocycles. The normalized spacial score (nSPS) is 18.7. The van der Waals surface area contributed by atoms with Gasteiger partial charge in [0.2, 0.25) is 0 Å². The van der Waals surface area contributed by atoms with Crippen LogP contribution < -0.4 is 0 Å². The summed E-state index contributed by atoms with van der Waals surface area (Å²) in [5, 5.41) is 20.0. The molecule has 0 saturated heterocycles. The fourth-order valence-electron chi connectivity index (χ4n) is 3.48. The lowest BCUT2D eigenvalue weighted by Crippen LogP contribution is -2.42. The minimum atomic E-state index is -0.504. The van der Waals surface area contributed by atoms with Crippen molar-refractivity contribution in [2.75, 3.05) is 12.4 Å². The van der Waals surface area contributed by atoms with Crippen LogP contribution in [-0.2, 0) is 9.59 Å². The Morgan fingerprint density at radius 3 is 2.35 bits per heavy atom. The molecule has 3 rings (SSSR count). The highest BCUT2D eigenvalue weighted by atomic mass is 32.2. The third kappa shape index (κ3) is 3.52. The van der Waals surface area contributed by atoms with Crippen LogP contribution in [0.25, 0.3) is 5.57 Å². The highest BCUT2D eigenvalue weighted by Crippen LogP contribution is 2.39. The van der Waals surface area contributed by atoms with E-state index in [0.29, 0.717) is 16.2 Å². The number of imide groups is 1. The summed E-state index contributed by atoms with van der Waals surface area (Å²) in [5.74, 6) is -0.339. The first-order valence-corrected chi connectivity index (χ1v) is 9.63. The Bertz CT molecular complexity index is 753. The minimum Gasteiger partial charge on any atom is -0.396 e. The summed E-state index contributed by atoms with van der Waals surface area (Å²) in [6.45, 7) is -0.105. The van der Waals surface area contributed by atoms with E-state index in [0.717, 1.165) is 43.9 Å². The summed E-state index contributed by atoms with van der Waals surface area (Å²) in [5.41, 5.74) is 0.710. The molecule has 1 fully saturated rings. The molecule has 1 aromatic rings. The molecule has 1 aliphatic heterocycles. The Hall–Kier alpha value is -2.19. The number of nitro benzene ring substituents is 1. The summed E-state index contributed by atoms with van der Waals surface area (Å²) in [6, 6.07) is 5.57. The van der Waals surface area contributed by atoms with Crippen molar-refractivity contribution in [1.29, 1.82) is 0 Å². The van der Waals surface area contributed by atoms with E-state index in [-0.39, 0.29) is 35.7 Å². The van der Waals surface area contributed by atoms with Gasteiger partial charge in [0.1, 0.15) is 0 Å². The van der Waals surface area contributed by atoms with E-state index in [1.54, 1.807) is 0 Å². The van der Waals surface area contributed by atoms with Crippen LogP contribution in [0, 0.1) is 10.1 Å². The molecule has 1 heterocycles. The van der Waals surface area contributed by atoms with Gasteiger partial charge in [0, 0.05) is 23.9 Å². The SMILES string of the molecule is O=C1C(SCCO)=C(c2ccc([N+](=O)[O-])cc2)C(=O)N1C1CCCCC1.